The van der Waals surface area contributed by atoms with Gasteiger partial charge in [0.2, 0.25) is 0 Å². The molecule has 1 aliphatic heterocycles. The minimum absolute atomic E-state index is 0.0350. The van der Waals surface area contributed by atoms with E-state index in [1.807, 2.05) is 6.92 Å². The highest BCUT2D eigenvalue weighted by Gasteiger charge is 2.30. The lowest BCUT2D eigenvalue weighted by molar-refractivity contribution is -0.164. The number of halogens is 4. The molecule has 192 valence electrons. The summed E-state index contributed by atoms with van der Waals surface area (Å²) in [6.45, 7) is 4.79. The minimum Gasteiger partial charge on any atom is -0.353 e. The van der Waals surface area contributed by atoms with Crippen LogP contribution in [0.15, 0.2) is 24.3 Å². The molecule has 1 saturated heterocycles. The second kappa shape index (κ2) is 11.9. The minimum atomic E-state index is -1.16. The monoisotopic (exact) mass is 492 g/mol. The van der Waals surface area contributed by atoms with Gasteiger partial charge in [-0.2, -0.15) is 0 Å². The molecular formula is C29H36F4O2. The average Bonchev–Trinajstić information content (AvgIpc) is 2.87. The zero-order valence-electron chi connectivity index (χ0n) is 20.7. The third-order valence-electron chi connectivity index (χ3n) is 7.79. The molecule has 0 radical (unpaired) electrons. The van der Waals surface area contributed by atoms with Crippen molar-refractivity contribution in [2.45, 2.75) is 89.8 Å². The Kier molecular flexibility index (Phi) is 8.87. The van der Waals surface area contributed by atoms with E-state index in [0.717, 1.165) is 25.7 Å². The Balaban J connectivity index is 1.50. The van der Waals surface area contributed by atoms with E-state index in [1.54, 1.807) is 6.07 Å². The van der Waals surface area contributed by atoms with Crippen molar-refractivity contribution in [1.29, 1.82) is 0 Å². The topological polar surface area (TPSA) is 18.5 Å². The second-order valence-corrected chi connectivity index (χ2v) is 10.0. The highest BCUT2D eigenvalue weighted by molar-refractivity contribution is 5.66. The number of unbranched alkanes of at least 4 members (excludes halogenated alkanes) is 1. The van der Waals surface area contributed by atoms with Gasteiger partial charge in [0.1, 0.15) is 0 Å². The molecule has 0 bridgehead atoms. The van der Waals surface area contributed by atoms with Crippen molar-refractivity contribution in [3.8, 4) is 11.1 Å². The van der Waals surface area contributed by atoms with E-state index in [-0.39, 0.29) is 41.4 Å². The Morgan fingerprint density at radius 3 is 1.83 bits per heavy atom. The van der Waals surface area contributed by atoms with Gasteiger partial charge in [-0.1, -0.05) is 50.5 Å². The maximum Gasteiger partial charge on any atom is 0.167 e. The molecule has 2 fully saturated rings. The molecule has 2 aromatic carbocycles. The van der Waals surface area contributed by atoms with E-state index in [1.165, 1.54) is 37.5 Å². The van der Waals surface area contributed by atoms with Crippen molar-refractivity contribution in [2.24, 2.45) is 5.92 Å². The molecule has 0 aromatic heterocycles. The van der Waals surface area contributed by atoms with E-state index in [0.29, 0.717) is 30.9 Å². The van der Waals surface area contributed by atoms with Crippen molar-refractivity contribution >= 4 is 0 Å². The fourth-order valence-electron chi connectivity index (χ4n) is 5.72. The third kappa shape index (κ3) is 5.75. The first kappa shape index (κ1) is 26.2. The molecule has 0 N–H and O–H groups in total. The Morgan fingerprint density at radius 1 is 0.743 bits per heavy atom. The second-order valence-electron chi connectivity index (χ2n) is 10.0. The van der Waals surface area contributed by atoms with Gasteiger partial charge in [-0.15, -0.1) is 0 Å². The van der Waals surface area contributed by atoms with Gasteiger partial charge in [-0.05, 0) is 68.4 Å². The summed E-state index contributed by atoms with van der Waals surface area (Å²) in [4.78, 5) is 0. The number of rotatable bonds is 8. The Labute approximate surface area is 206 Å². The van der Waals surface area contributed by atoms with Crippen LogP contribution in [0.1, 0.15) is 94.6 Å². The molecule has 1 saturated carbocycles. The molecular weight excluding hydrogens is 456 g/mol. The number of ether oxygens (including phenoxy) is 2. The van der Waals surface area contributed by atoms with Crippen LogP contribution in [0.3, 0.4) is 0 Å². The van der Waals surface area contributed by atoms with Crippen LogP contribution < -0.4 is 0 Å². The van der Waals surface area contributed by atoms with Crippen molar-refractivity contribution in [3.63, 3.8) is 0 Å². The maximum atomic E-state index is 15.1. The summed E-state index contributed by atoms with van der Waals surface area (Å²) in [5.41, 5.74) is 0.0305. The van der Waals surface area contributed by atoms with Crippen LogP contribution in [0.5, 0.6) is 0 Å². The van der Waals surface area contributed by atoms with E-state index in [9.17, 15) is 0 Å². The van der Waals surface area contributed by atoms with E-state index >= 15 is 17.6 Å². The van der Waals surface area contributed by atoms with Crippen LogP contribution >= 0.6 is 0 Å². The van der Waals surface area contributed by atoms with E-state index in [4.69, 9.17) is 9.47 Å². The van der Waals surface area contributed by atoms with Gasteiger partial charge in [0.05, 0.1) is 6.61 Å². The lowest BCUT2D eigenvalue weighted by Gasteiger charge is -2.29. The van der Waals surface area contributed by atoms with Crippen molar-refractivity contribution < 1.29 is 27.0 Å². The van der Waals surface area contributed by atoms with Crippen molar-refractivity contribution in [1.82, 2.24) is 0 Å². The van der Waals surface area contributed by atoms with Crippen LogP contribution in [0.2, 0.25) is 0 Å². The zero-order valence-corrected chi connectivity index (χ0v) is 20.7. The van der Waals surface area contributed by atoms with Crippen LogP contribution in [0.4, 0.5) is 17.6 Å². The molecule has 0 spiro atoms. The molecule has 2 aliphatic rings. The van der Waals surface area contributed by atoms with Crippen molar-refractivity contribution in [3.05, 3.63) is 58.7 Å². The van der Waals surface area contributed by atoms with Gasteiger partial charge in [-0.25, -0.2) is 17.6 Å². The highest BCUT2D eigenvalue weighted by atomic mass is 19.2. The van der Waals surface area contributed by atoms with Gasteiger partial charge in [0, 0.05) is 23.7 Å². The maximum absolute atomic E-state index is 15.1. The molecule has 6 heteroatoms. The molecule has 0 amide bonds. The largest absolute Gasteiger partial charge is 0.353 e. The van der Waals surface area contributed by atoms with Gasteiger partial charge >= 0.3 is 0 Å². The van der Waals surface area contributed by atoms with Crippen LogP contribution in [0, 0.1) is 29.2 Å². The quantitative estimate of drug-likeness (QED) is 0.343. The summed E-state index contributed by atoms with van der Waals surface area (Å²) in [5.74, 6) is -3.92. The highest BCUT2D eigenvalue weighted by Crippen LogP contribution is 2.41. The Morgan fingerprint density at radius 2 is 1.31 bits per heavy atom. The molecule has 1 aliphatic carbocycles. The number of benzene rings is 2. The average molecular weight is 493 g/mol. The first-order valence-electron chi connectivity index (χ1n) is 13.1. The first-order valence-corrected chi connectivity index (χ1v) is 13.1. The smallest absolute Gasteiger partial charge is 0.167 e. The van der Waals surface area contributed by atoms with Crippen LogP contribution in [-0.4, -0.2) is 19.5 Å². The van der Waals surface area contributed by atoms with E-state index in [2.05, 4.69) is 6.92 Å². The van der Waals surface area contributed by atoms with Gasteiger partial charge in [-0.3, -0.25) is 0 Å². The molecule has 2 unspecified atom stereocenters. The predicted octanol–water partition coefficient (Wildman–Crippen LogP) is 8.63. The summed E-state index contributed by atoms with van der Waals surface area (Å²) in [6.07, 6.45) is 8.12. The molecule has 2 nitrogen and oxygen atoms in total. The molecule has 4 rings (SSSR count). The van der Waals surface area contributed by atoms with Crippen molar-refractivity contribution in [2.75, 3.05) is 13.2 Å². The van der Waals surface area contributed by atoms with Gasteiger partial charge < -0.3 is 9.47 Å². The SMILES string of the molecule is CCCCC1CCC(c2ccc(-c3ccc(C4CCC(OCC)OC4)c(F)c3F)c(F)c2F)CC1. The van der Waals surface area contributed by atoms with E-state index < -0.39 is 23.3 Å². The molecule has 1 heterocycles. The number of hydrogen-bond donors (Lipinski definition) is 0. The summed E-state index contributed by atoms with van der Waals surface area (Å²) in [6, 6.07) is 5.76. The Bertz CT molecular complexity index is 993. The lowest BCUT2D eigenvalue weighted by Crippen LogP contribution is -2.27. The molecule has 2 aromatic rings. The summed E-state index contributed by atoms with van der Waals surface area (Å²) in [7, 11) is 0. The molecule has 2 atom stereocenters. The summed E-state index contributed by atoms with van der Waals surface area (Å²) < 4.78 is 71.4. The number of hydrogen-bond acceptors (Lipinski definition) is 2. The third-order valence-corrected chi connectivity index (χ3v) is 7.79. The fraction of sp³-hybridized carbons (Fsp3) is 0.586. The van der Waals surface area contributed by atoms with Crippen LogP contribution in [-0.2, 0) is 9.47 Å². The normalized spacial score (nSPS) is 25.1. The fourth-order valence-corrected chi connectivity index (χ4v) is 5.72. The van der Waals surface area contributed by atoms with Crippen LogP contribution in [0.25, 0.3) is 11.1 Å². The van der Waals surface area contributed by atoms with Gasteiger partial charge in [0.15, 0.2) is 29.6 Å². The summed E-state index contributed by atoms with van der Waals surface area (Å²) in [5, 5.41) is 0. The molecule has 35 heavy (non-hydrogen) atoms. The standard InChI is InChI=1S/C29H36F4O2/c1-3-5-6-18-7-9-19(10-8-18)21-12-14-23(28(32)26(21)30)24-15-13-22(27(31)29(24)33)20-11-16-25(34-4-2)35-17-20/h12-15,18-20,25H,3-11,16-17H2,1-2H3. The Hall–Kier alpha value is -1.92. The first-order chi connectivity index (χ1) is 16.9. The predicted molar refractivity (Wildman–Crippen MR) is 129 cm³/mol. The lowest BCUT2D eigenvalue weighted by atomic mass is 9.76. The summed E-state index contributed by atoms with van der Waals surface area (Å²) >= 11 is 0. The van der Waals surface area contributed by atoms with Gasteiger partial charge in [0.25, 0.3) is 0 Å². The zero-order chi connectivity index (χ0) is 24.9.